The van der Waals surface area contributed by atoms with E-state index in [1.54, 1.807) is 41.5 Å². The summed E-state index contributed by atoms with van der Waals surface area (Å²) in [7, 11) is 0. The molecule has 11 nitrogen and oxygen atoms in total. The molecule has 0 aliphatic rings. The highest BCUT2D eigenvalue weighted by Crippen LogP contribution is 2.42. The zero-order valence-corrected chi connectivity index (χ0v) is 31.6. The number of carbonyl (C=O) groups is 2. The molecule has 7 N–H and O–H groups in total. The first-order chi connectivity index (χ1) is 26.8. The Morgan fingerprint density at radius 2 is 1.09 bits per heavy atom. The van der Waals surface area contributed by atoms with E-state index in [2.05, 4.69) is 20.6 Å². The molecular formula is C41H36F6N4O7. The Labute approximate surface area is 325 Å². The van der Waals surface area contributed by atoms with Gasteiger partial charge in [-0.3, -0.25) is 19.2 Å². The van der Waals surface area contributed by atoms with Gasteiger partial charge in [0.25, 0.3) is 11.8 Å². The molecule has 0 fully saturated rings. The molecule has 0 bridgehead atoms. The SMILES string of the molecule is CC(C)(C)c1cc(C(F)(F)F)c(NC(=O)c2c[nH]c3cccc(O)c3c2=O)cc1O.CC(C)(C)c1cc(F)c(NC(=O)c2c[nH]c3cc(F)c(F)cc3c2=O)cc1O. The Balaban J connectivity index is 0.000000221. The minimum Gasteiger partial charge on any atom is -0.508 e. The third-order valence-electron chi connectivity index (χ3n) is 8.94. The predicted octanol–water partition coefficient (Wildman–Crippen LogP) is 8.71. The number of pyridine rings is 2. The van der Waals surface area contributed by atoms with Gasteiger partial charge in [0.15, 0.2) is 11.6 Å². The van der Waals surface area contributed by atoms with E-state index in [1.165, 1.54) is 18.2 Å². The standard InChI is InChI=1S/C21H19F3N2O4.C20H17F3N2O3/c1-20(2,3)12-7-11(21(22,23)24)14(8-16(12)28)26-19(30)10-9-25-13-5-4-6-15(27)17(13)18(10)29;1-20(2,3)11-5-14(23)16(7-17(11)26)25-19(28)10-8-24-15-6-13(22)12(21)4-9(15)18(10)27/h4-9,27-28H,1-3H3,(H,25,29)(H,26,30);4-8,26H,1-3H3,(H,24,27)(H,25,28). The summed E-state index contributed by atoms with van der Waals surface area (Å²) in [6, 6.07) is 9.48. The van der Waals surface area contributed by atoms with Gasteiger partial charge in [0.1, 0.15) is 34.2 Å². The average Bonchev–Trinajstić information content (AvgIpc) is 3.09. The molecule has 0 atom stereocenters. The maximum atomic E-state index is 14.4. The van der Waals surface area contributed by atoms with Crippen LogP contribution in [0.5, 0.6) is 17.2 Å². The first-order valence-electron chi connectivity index (χ1n) is 17.2. The molecule has 17 heteroatoms. The minimum atomic E-state index is -4.82. The summed E-state index contributed by atoms with van der Waals surface area (Å²) >= 11 is 0. The number of halogens is 6. The van der Waals surface area contributed by atoms with Crippen LogP contribution in [0.2, 0.25) is 0 Å². The van der Waals surface area contributed by atoms with Gasteiger partial charge in [0.05, 0.1) is 33.4 Å². The summed E-state index contributed by atoms with van der Waals surface area (Å²) in [5, 5.41) is 34.1. The monoisotopic (exact) mass is 810 g/mol. The van der Waals surface area contributed by atoms with Crippen molar-refractivity contribution in [3.05, 3.63) is 133 Å². The molecule has 58 heavy (non-hydrogen) atoms. The normalized spacial score (nSPS) is 11.9. The molecule has 0 saturated heterocycles. The molecule has 304 valence electrons. The highest BCUT2D eigenvalue weighted by molar-refractivity contribution is 6.07. The third kappa shape index (κ3) is 8.62. The largest absolute Gasteiger partial charge is 0.508 e. The second kappa shape index (κ2) is 15.3. The van der Waals surface area contributed by atoms with Crippen molar-refractivity contribution in [2.75, 3.05) is 10.6 Å². The maximum Gasteiger partial charge on any atom is 0.418 e. The molecule has 2 amide bonds. The summed E-state index contributed by atoms with van der Waals surface area (Å²) in [6.45, 7) is 10.3. The van der Waals surface area contributed by atoms with Crippen LogP contribution in [0, 0.1) is 17.5 Å². The van der Waals surface area contributed by atoms with Crippen molar-refractivity contribution in [1.82, 2.24) is 9.97 Å². The van der Waals surface area contributed by atoms with Crippen LogP contribution in [-0.2, 0) is 17.0 Å². The molecule has 0 aliphatic carbocycles. The number of phenolic OH excluding ortho intramolecular Hbond substituents is 3. The number of amides is 2. The van der Waals surface area contributed by atoms with Gasteiger partial charge in [-0.2, -0.15) is 13.2 Å². The summed E-state index contributed by atoms with van der Waals surface area (Å²) in [4.78, 5) is 55.3. The van der Waals surface area contributed by atoms with Gasteiger partial charge in [-0.05, 0) is 46.7 Å². The number of carbonyl (C=O) groups excluding carboxylic acids is 2. The molecular weight excluding hydrogens is 774 g/mol. The zero-order chi connectivity index (χ0) is 43.2. The Morgan fingerprint density at radius 1 is 0.586 bits per heavy atom. The number of phenols is 3. The number of hydrogen-bond acceptors (Lipinski definition) is 7. The molecule has 2 aromatic heterocycles. The maximum absolute atomic E-state index is 14.4. The molecule has 6 aromatic rings. The smallest absolute Gasteiger partial charge is 0.418 e. The molecule has 2 heterocycles. The van der Waals surface area contributed by atoms with Gasteiger partial charge in [-0.15, -0.1) is 0 Å². The quantitative estimate of drug-likeness (QED) is 0.0869. The van der Waals surface area contributed by atoms with Crippen LogP contribution < -0.4 is 21.5 Å². The van der Waals surface area contributed by atoms with Crippen molar-refractivity contribution in [2.45, 2.75) is 58.5 Å². The lowest BCUT2D eigenvalue weighted by Gasteiger charge is -2.24. The fraction of sp³-hybridized carbons (Fsp3) is 0.220. The second-order valence-corrected chi connectivity index (χ2v) is 15.2. The van der Waals surface area contributed by atoms with E-state index in [4.69, 9.17) is 0 Å². The average molecular weight is 811 g/mol. The van der Waals surface area contributed by atoms with E-state index in [0.717, 1.165) is 42.7 Å². The van der Waals surface area contributed by atoms with Crippen molar-refractivity contribution in [3.63, 3.8) is 0 Å². The topological polar surface area (TPSA) is 185 Å². The molecule has 0 aliphatic heterocycles. The van der Waals surface area contributed by atoms with E-state index in [0.29, 0.717) is 11.6 Å². The second-order valence-electron chi connectivity index (χ2n) is 15.2. The highest BCUT2D eigenvalue weighted by Gasteiger charge is 2.37. The van der Waals surface area contributed by atoms with Crippen LogP contribution in [0.3, 0.4) is 0 Å². The van der Waals surface area contributed by atoms with Gasteiger partial charge in [-0.1, -0.05) is 47.6 Å². The van der Waals surface area contributed by atoms with Crippen molar-refractivity contribution in [1.29, 1.82) is 0 Å². The van der Waals surface area contributed by atoms with E-state index < -0.39 is 85.3 Å². The summed E-state index contributed by atoms with van der Waals surface area (Å²) in [5.41, 5.74) is -5.38. The third-order valence-corrected chi connectivity index (χ3v) is 8.94. The number of benzene rings is 4. The number of rotatable bonds is 4. The lowest BCUT2D eigenvalue weighted by atomic mass is 9.85. The number of hydrogen-bond donors (Lipinski definition) is 7. The Morgan fingerprint density at radius 3 is 1.66 bits per heavy atom. The van der Waals surface area contributed by atoms with Crippen LogP contribution in [0.25, 0.3) is 21.8 Å². The van der Waals surface area contributed by atoms with Crippen LogP contribution in [-0.4, -0.2) is 37.1 Å². The van der Waals surface area contributed by atoms with Crippen molar-refractivity contribution >= 4 is 45.0 Å². The number of H-pyrrole nitrogens is 2. The van der Waals surface area contributed by atoms with Gasteiger partial charge in [0, 0.05) is 41.5 Å². The summed E-state index contributed by atoms with van der Waals surface area (Å²) in [6.07, 6.45) is -2.74. The zero-order valence-electron chi connectivity index (χ0n) is 31.6. The fourth-order valence-electron chi connectivity index (χ4n) is 5.97. The number of alkyl halides is 3. The number of aromatic amines is 2. The van der Waals surface area contributed by atoms with Crippen LogP contribution in [0.1, 0.15) is 78.9 Å². The Hall–Kier alpha value is -6.78. The molecule has 0 spiro atoms. The van der Waals surface area contributed by atoms with Gasteiger partial charge in [-0.25, -0.2) is 13.2 Å². The van der Waals surface area contributed by atoms with Gasteiger partial charge in [0.2, 0.25) is 10.9 Å². The predicted molar refractivity (Wildman–Crippen MR) is 205 cm³/mol. The minimum absolute atomic E-state index is 0.0128. The molecule has 0 unspecified atom stereocenters. The Kier molecular flexibility index (Phi) is 11.2. The summed E-state index contributed by atoms with van der Waals surface area (Å²) in [5.74, 6) is -6.25. The molecule has 6 rings (SSSR count). The van der Waals surface area contributed by atoms with E-state index in [1.807, 2.05) is 0 Å². The van der Waals surface area contributed by atoms with Crippen LogP contribution in [0.15, 0.2) is 76.6 Å². The van der Waals surface area contributed by atoms with Crippen LogP contribution >= 0.6 is 0 Å². The van der Waals surface area contributed by atoms with Crippen LogP contribution in [0.4, 0.5) is 37.7 Å². The Bertz CT molecular complexity index is 2750. The lowest BCUT2D eigenvalue weighted by Crippen LogP contribution is -2.24. The molecule has 4 aromatic carbocycles. The number of anilines is 2. The van der Waals surface area contributed by atoms with E-state index >= 15 is 0 Å². The number of aromatic hydroxyl groups is 3. The number of fused-ring (bicyclic) bond motifs is 2. The summed E-state index contributed by atoms with van der Waals surface area (Å²) < 4.78 is 81.9. The molecule has 0 saturated carbocycles. The lowest BCUT2D eigenvalue weighted by molar-refractivity contribution is -0.137. The first kappa shape index (κ1) is 42.4. The molecule has 0 radical (unpaired) electrons. The van der Waals surface area contributed by atoms with Crippen molar-refractivity contribution in [3.8, 4) is 17.2 Å². The number of nitrogens with one attached hydrogen (secondary N) is 4. The van der Waals surface area contributed by atoms with E-state index in [-0.39, 0.29) is 44.6 Å². The van der Waals surface area contributed by atoms with Gasteiger partial charge < -0.3 is 35.9 Å². The highest BCUT2D eigenvalue weighted by atomic mass is 19.4. The van der Waals surface area contributed by atoms with Crippen molar-refractivity contribution in [2.24, 2.45) is 0 Å². The number of aromatic nitrogens is 2. The first-order valence-corrected chi connectivity index (χ1v) is 17.2. The van der Waals surface area contributed by atoms with Crippen molar-refractivity contribution < 1.29 is 51.3 Å². The fourth-order valence-corrected chi connectivity index (χ4v) is 5.97. The van der Waals surface area contributed by atoms with E-state index in [9.17, 15) is 60.8 Å². The van der Waals surface area contributed by atoms with Gasteiger partial charge >= 0.3 is 6.18 Å².